The van der Waals surface area contributed by atoms with Crippen LogP contribution in [0.1, 0.15) is 27.7 Å². The van der Waals surface area contributed by atoms with E-state index in [2.05, 4.69) is 13.0 Å². The number of aryl methyl sites for hydroxylation is 1. The highest BCUT2D eigenvalue weighted by Crippen LogP contribution is 2.25. The van der Waals surface area contributed by atoms with E-state index in [0.717, 1.165) is 0 Å². The molecule has 1 fully saturated rings. The van der Waals surface area contributed by atoms with Crippen LogP contribution in [0.25, 0.3) is 0 Å². The summed E-state index contributed by atoms with van der Waals surface area (Å²) >= 11 is 7.17. The van der Waals surface area contributed by atoms with Crippen LogP contribution in [-0.2, 0) is 16.1 Å². The zero-order chi connectivity index (χ0) is 18.0. The van der Waals surface area contributed by atoms with Gasteiger partial charge in [-0.3, -0.25) is 9.69 Å². The first-order valence-electron chi connectivity index (χ1n) is 7.93. The molecule has 5 nitrogen and oxygen atoms in total. The van der Waals surface area contributed by atoms with Gasteiger partial charge in [-0.05, 0) is 67.3 Å². The molecule has 2 aromatic rings. The molecule has 1 aliphatic rings. The average Bonchev–Trinajstić information content (AvgIpc) is 3.12. The highest BCUT2D eigenvalue weighted by molar-refractivity contribution is 7.80. The SMILES string of the molecule is CCOC(=O)c1ccc(N2C(=O)CN(Cc3sccc3C)C2=S)cc1. The lowest BCUT2D eigenvalue weighted by atomic mass is 10.2. The van der Waals surface area contributed by atoms with E-state index in [1.807, 2.05) is 10.3 Å². The van der Waals surface area contributed by atoms with Crippen molar-refractivity contribution in [2.45, 2.75) is 20.4 Å². The summed E-state index contributed by atoms with van der Waals surface area (Å²) in [7, 11) is 0. The molecule has 3 rings (SSSR count). The van der Waals surface area contributed by atoms with Gasteiger partial charge in [-0.15, -0.1) is 11.3 Å². The topological polar surface area (TPSA) is 49.9 Å². The molecule has 1 saturated heterocycles. The molecule has 0 radical (unpaired) electrons. The molecular formula is C18H18N2O3S2. The number of hydrogen-bond donors (Lipinski definition) is 0. The van der Waals surface area contributed by atoms with E-state index in [1.165, 1.54) is 15.3 Å². The smallest absolute Gasteiger partial charge is 0.338 e. The lowest BCUT2D eigenvalue weighted by molar-refractivity contribution is -0.116. The minimum atomic E-state index is -0.376. The van der Waals surface area contributed by atoms with Gasteiger partial charge in [0.15, 0.2) is 5.11 Å². The second-order valence-electron chi connectivity index (χ2n) is 5.66. The Morgan fingerprint density at radius 3 is 2.60 bits per heavy atom. The largest absolute Gasteiger partial charge is 0.462 e. The number of thiocarbonyl (C=S) groups is 1. The van der Waals surface area contributed by atoms with Crippen LogP contribution in [0.4, 0.5) is 5.69 Å². The van der Waals surface area contributed by atoms with Gasteiger partial charge in [0.2, 0.25) is 0 Å². The Bertz CT molecular complexity index is 814. The molecule has 1 aliphatic heterocycles. The van der Waals surface area contributed by atoms with E-state index >= 15 is 0 Å². The van der Waals surface area contributed by atoms with Gasteiger partial charge < -0.3 is 9.64 Å². The Morgan fingerprint density at radius 2 is 2.00 bits per heavy atom. The number of anilines is 1. The zero-order valence-corrected chi connectivity index (χ0v) is 15.7. The molecule has 1 aromatic carbocycles. The highest BCUT2D eigenvalue weighted by atomic mass is 32.1. The van der Waals surface area contributed by atoms with Crippen molar-refractivity contribution < 1.29 is 14.3 Å². The van der Waals surface area contributed by atoms with Gasteiger partial charge in [-0.1, -0.05) is 0 Å². The van der Waals surface area contributed by atoms with Crippen molar-refractivity contribution in [1.82, 2.24) is 4.90 Å². The molecule has 0 atom stereocenters. The third kappa shape index (κ3) is 3.57. The van der Waals surface area contributed by atoms with Crippen LogP contribution in [0, 0.1) is 6.92 Å². The molecule has 0 unspecified atom stereocenters. The minimum absolute atomic E-state index is 0.0666. The first kappa shape index (κ1) is 17.6. The van der Waals surface area contributed by atoms with E-state index in [4.69, 9.17) is 17.0 Å². The second kappa shape index (κ2) is 7.33. The normalized spacial score (nSPS) is 14.3. The highest BCUT2D eigenvalue weighted by Gasteiger charge is 2.34. The third-order valence-electron chi connectivity index (χ3n) is 3.98. The monoisotopic (exact) mass is 374 g/mol. The molecule has 0 spiro atoms. The molecule has 0 N–H and O–H groups in total. The average molecular weight is 374 g/mol. The van der Waals surface area contributed by atoms with Crippen molar-refractivity contribution in [3.05, 3.63) is 51.7 Å². The van der Waals surface area contributed by atoms with Gasteiger partial charge in [0.25, 0.3) is 5.91 Å². The number of benzene rings is 1. The fraction of sp³-hybridized carbons (Fsp3) is 0.278. The summed E-state index contributed by atoms with van der Waals surface area (Å²) in [6.07, 6.45) is 0. The lowest BCUT2D eigenvalue weighted by Gasteiger charge is -2.20. The summed E-state index contributed by atoms with van der Waals surface area (Å²) in [6, 6.07) is 8.80. The molecule has 0 aliphatic carbocycles. The summed E-state index contributed by atoms with van der Waals surface area (Å²) < 4.78 is 4.97. The van der Waals surface area contributed by atoms with Crippen LogP contribution in [0.5, 0.6) is 0 Å². The molecule has 7 heteroatoms. The number of esters is 1. The molecule has 0 saturated carbocycles. The number of amides is 1. The quantitative estimate of drug-likeness (QED) is 0.593. The van der Waals surface area contributed by atoms with Crippen LogP contribution >= 0.6 is 23.6 Å². The first-order valence-corrected chi connectivity index (χ1v) is 9.22. The van der Waals surface area contributed by atoms with Crippen LogP contribution in [0.3, 0.4) is 0 Å². The zero-order valence-electron chi connectivity index (χ0n) is 14.0. The van der Waals surface area contributed by atoms with Crippen molar-refractivity contribution in [3.8, 4) is 0 Å². The fourth-order valence-corrected chi connectivity index (χ4v) is 3.89. The Morgan fingerprint density at radius 1 is 1.28 bits per heavy atom. The van der Waals surface area contributed by atoms with Gasteiger partial charge in [0, 0.05) is 4.88 Å². The van der Waals surface area contributed by atoms with Crippen LogP contribution in [0.2, 0.25) is 0 Å². The van der Waals surface area contributed by atoms with Gasteiger partial charge in [-0.25, -0.2) is 4.79 Å². The molecule has 2 heterocycles. The Hall–Kier alpha value is -2.25. The molecule has 1 aromatic heterocycles. The predicted octanol–water partition coefficient (Wildman–Crippen LogP) is 3.37. The van der Waals surface area contributed by atoms with Crippen molar-refractivity contribution in [1.29, 1.82) is 0 Å². The number of nitrogens with zero attached hydrogens (tertiary/aromatic N) is 2. The first-order chi connectivity index (χ1) is 12.0. The summed E-state index contributed by atoms with van der Waals surface area (Å²) in [5.74, 6) is -0.442. The number of carbonyl (C=O) groups excluding carboxylic acids is 2. The lowest BCUT2D eigenvalue weighted by Crippen LogP contribution is -2.32. The van der Waals surface area contributed by atoms with Crippen molar-refractivity contribution in [3.63, 3.8) is 0 Å². The maximum Gasteiger partial charge on any atom is 0.338 e. The van der Waals surface area contributed by atoms with Gasteiger partial charge in [-0.2, -0.15) is 0 Å². The van der Waals surface area contributed by atoms with Crippen molar-refractivity contribution in [2.75, 3.05) is 18.1 Å². The molecule has 1 amide bonds. The molecule has 130 valence electrons. The molecule has 25 heavy (non-hydrogen) atoms. The van der Waals surface area contributed by atoms with E-state index in [-0.39, 0.29) is 18.4 Å². The van der Waals surface area contributed by atoms with Crippen LogP contribution in [0.15, 0.2) is 35.7 Å². The van der Waals surface area contributed by atoms with Crippen LogP contribution in [-0.4, -0.2) is 35.0 Å². The minimum Gasteiger partial charge on any atom is -0.462 e. The van der Waals surface area contributed by atoms with E-state index in [0.29, 0.717) is 29.5 Å². The third-order valence-corrected chi connectivity index (χ3v) is 5.43. The molecule has 0 bridgehead atoms. The number of thiophene rings is 1. The second-order valence-corrected chi connectivity index (χ2v) is 7.03. The maximum absolute atomic E-state index is 12.4. The Labute approximate surface area is 155 Å². The van der Waals surface area contributed by atoms with Gasteiger partial charge >= 0.3 is 5.97 Å². The summed E-state index contributed by atoms with van der Waals surface area (Å²) in [5, 5.41) is 2.53. The predicted molar refractivity (Wildman–Crippen MR) is 102 cm³/mol. The summed E-state index contributed by atoms with van der Waals surface area (Å²) in [4.78, 5) is 28.8. The van der Waals surface area contributed by atoms with Crippen molar-refractivity contribution >= 4 is 46.2 Å². The van der Waals surface area contributed by atoms with Crippen LogP contribution < -0.4 is 4.90 Å². The summed E-state index contributed by atoms with van der Waals surface area (Å²) in [6.45, 7) is 5.03. The summed E-state index contributed by atoms with van der Waals surface area (Å²) in [5.41, 5.74) is 2.32. The number of ether oxygens (including phenoxy) is 1. The number of hydrogen-bond acceptors (Lipinski definition) is 5. The fourth-order valence-electron chi connectivity index (χ4n) is 2.63. The van der Waals surface area contributed by atoms with Crippen molar-refractivity contribution in [2.24, 2.45) is 0 Å². The Kier molecular flexibility index (Phi) is 5.15. The number of rotatable bonds is 5. The van der Waals surface area contributed by atoms with Gasteiger partial charge in [0.1, 0.15) is 6.54 Å². The van der Waals surface area contributed by atoms with Gasteiger partial charge in [0.05, 0.1) is 24.4 Å². The van der Waals surface area contributed by atoms with E-state index < -0.39 is 0 Å². The standard InChI is InChI=1S/C18H18N2O3S2/c1-3-23-17(22)13-4-6-14(7-5-13)20-16(21)11-19(18(20)24)10-15-12(2)8-9-25-15/h4-9H,3,10-11H2,1-2H3. The maximum atomic E-state index is 12.4. The number of carbonyl (C=O) groups is 2. The van der Waals surface area contributed by atoms with E-state index in [1.54, 1.807) is 42.5 Å². The Balaban J connectivity index is 1.76. The molecular weight excluding hydrogens is 356 g/mol. The van der Waals surface area contributed by atoms with E-state index in [9.17, 15) is 9.59 Å².